The number of carbonyl (C=O) groups is 1. The van der Waals surface area contributed by atoms with Crippen molar-refractivity contribution in [3.05, 3.63) is 59.7 Å². The van der Waals surface area contributed by atoms with Crippen LogP contribution in [0.2, 0.25) is 0 Å². The van der Waals surface area contributed by atoms with Gasteiger partial charge in [0, 0.05) is 44.7 Å². The maximum absolute atomic E-state index is 13.0. The zero-order valence-electron chi connectivity index (χ0n) is 19.8. The van der Waals surface area contributed by atoms with E-state index in [-0.39, 0.29) is 22.6 Å². The van der Waals surface area contributed by atoms with E-state index < -0.39 is 10.0 Å². The Morgan fingerprint density at radius 2 is 1.79 bits per heavy atom. The lowest BCUT2D eigenvalue weighted by molar-refractivity contribution is -0.121. The molecular formula is C26H34N2O5S. The van der Waals surface area contributed by atoms with Gasteiger partial charge in [-0.3, -0.25) is 4.79 Å². The highest BCUT2D eigenvalue weighted by Crippen LogP contribution is 2.34. The van der Waals surface area contributed by atoms with E-state index >= 15 is 0 Å². The normalized spacial score (nSPS) is 18.5. The molecule has 2 aromatic rings. The van der Waals surface area contributed by atoms with Crippen LogP contribution in [-0.4, -0.2) is 58.6 Å². The smallest absolute Gasteiger partial charge is 0.243 e. The van der Waals surface area contributed by atoms with E-state index in [0.717, 1.165) is 31.2 Å². The van der Waals surface area contributed by atoms with Gasteiger partial charge in [-0.25, -0.2) is 8.42 Å². The Bertz CT molecular complexity index is 1080. The molecule has 7 nitrogen and oxygen atoms in total. The van der Waals surface area contributed by atoms with Gasteiger partial charge < -0.3 is 14.8 Å². The quantitative estimate of drug-likeness (QED) is 0.588. The number of ether oxygens (including phenoxy) is 2. The molecule has 0 atom stereocenters. The fraction of sp³-hybridized carbons (Fsp3) is 0.500. The van der Waals surface area contributed by atoms with Gasteiger partial charge in [0.15, 0.2) is 0 Å². The number of sulfonamides is 1. The topological polar surface area (TPSA) is 84.9 Å². The molecule has 0 aromatic heterocycles. The van der Waals surface area contributed by atoms with Gasteiger partial charge in [0.2, 0.25) is 15.9 Å². The van der Waals surface area contributed by atoms with Crippen molar-refractivity contribution in [3.8, 4) is 5.75 Å². The van der Waals surface area contributed by atoms with Gasteiger partial charge in [0.05, 0.1) is 12.0 Å². The van der Waals surface area contributed by atoms with Crippen molar-refractivity contribution in [3.63, 3.8) is 0 Å². The van der Waals surface area contributed by atoms with Gasteiger partial charge in [-0.15, -0.1) is 0 Å². The summed E-state index contributed by atoms with van der Waals surface area (Å²) in [5.74, 6) is 0.537. The lowest BCUT2D eigenvalue weighted by Crippen LogP contribution is -2.44. The lowest BCUT2D eigenvalue weighted by Gasteiger charge is -2.38. The molecule has 1 amide bonds. The second kappa shape index (κ2) is 10.9. The van der Waals surface area contributed by atoms with E-state index in [1.807, 2.05) is 18.2 Å². The van der Waals surface area contributed by atoms with Crippen molar-refractivity contribution in [2.24, 2.45) is 0 Å². The van der Waals surface area contributed by atoms with Crippen LogP contribution in [0.1, 0.15) is 43.2 Å². The average molecular weight is 487 g/mol. The molecular weight excluding hydrogens is 452 g/mol. The van der Waals surface area contributed by atoms with Crippen molar-refractivity contribution >= 4 is 15.9 Å². The van der Waals surface area contributed by atoms with E-state index in [2.05, 4.69) is 17.4 Å². The van der Waals surface area contributed by atoms with Crippen LogP contribution in [0.25, 0.3) is 0 Å². The summed E-state index contributed by atoms with van der Waals surface area (Å²) in [5.41, 5.74) is 1.82. The number of methoxy groups -OCH3 is 1. The van der Waals surface area contributed by atoms with Gasteiger partial charge >= 0.3 is 0 Å². The van der Waals surface area contributed by atoms with E-state index in [1.54, 1.807) is 25.3 Å². The number of amides is 1. The zero-order valence-corrected chi connectivity index (χ0v) is 20.6. The van der Waals surface area contributed by atoms with Gasteiger partial charge in [0.1, 0.15) is 5.75 Å². The molecule has 0 unspecified atom stereocenters. The van der Waals surface area contributed by atoms with Crippen LogP contribution < -0.4 is 10.1 Å². The van der Waals surface area contributed by atoms with Gasteiger partial charge in [-0.05, 0) is 61.4 Å². The lowest BCUT2D eigenvalue weighted by atomic mass is 9.74. The Labute approximate surface area is 202 Å². The highest BCUT2D eigenvalue weighted by atomic mass is 32.2. The first kappa shape index (κ1) is 24.7. The molecule has 2 aliphatic rings. The predicted molar refractivity (Wildman–Crippen MR) is 130 cm³/mol. The summed E-state index contributed by atoms with van der Waals surface area (Å²) < 4.78 is 38.5. The zero-order chi connectivity index (χ0) is 24.0. The highest BCUT2D eigenvalue weighted by molar-refractivity contribution is 7.89. The molecule has 0 saturated carbocycles. The molecule has 2 fully saturated rings. The second-order valence-corrected chi connectivity index (χ2v) is 11.1. The Morgan fingerprint density at radius 3 is 2.47 bits per heavy atom. The van der Waals surface area contributed by atoms with Crippen LogP contribution in [0.15, 0.2) is 53.4 Å². The third-order valence-electron chi connectivity index (χ3n) is 7.04. The molecule has 0 aliphatic carbocycles. The molecule has 2 heterocycles. The number of carbonyl (C=O) groups excluding carboxylic acids is 1. The summed E-state index contributed by atoms with van der Waals surface area (Å²) in [6.07, 6.45) is 4.16. The first-order valence-electron chi connectivity index (χ1n) is 12.0. The SMILES string of the molecule is COc1ccc(S(=O)(=O)N2CCCC2)cc1CCC(=O)NCC1(c2ccccc2)CCOCC1. The third-order valence-corrected chi connectivity index (χ3v) is 8.93. The van der Waals surface area contributed by atoms with E-state index in [1.165, 1.54) is 9.87 Å². The number of hydrogen-bond donors (Lipinski definition) is 1. The first-order valence-corrected chi connectivity index (χ1v) is 13.5. The molecule has 0 radical (unpaired) electrons. The van der Waals surface area contributed by atoms with Crippen molar-refractivity contribution in [1.29, 1.82) is 0 Å². The fourth-order valence-corrected chi connectivity index (χ4v) is 6.48. The van der Waals surface area contributed by atoms with E-state index in [9.17, 15) is 13.2 Å². The number of rotatable bonds is 9. The van der Waals surface area contributed by atoms with Crippen LogP contribution in [0.5, 0.6) is 5.75 Å². The number of benzene rings is 2. The number of nitrogens with zero attached hydrogens (tertiary/aromatic N) is 1. The van der Waals surface area contributed by atoms with E-state index in [0.29, 0.717) is 45.0 Å². The summed E-state index contributed by atoms with van der Waals surface area (Å²) in [7, 11) is -1.97. The molecule has 1 N–H and O–H groups in total. The molecule has 2 aromatic carbocycles. The average Bonchev–Trinajstić information content (AvgIpc) is 3.43. The molecule has 0 spiro atoms. The van der Waals surface area contributed by atoms with Crippen molar-refractivity contribution in [2.75, 3.05) is 40.0 Å². The Balaban J connectivity index is 1.42. The maximum atomic E-state index is 13.0. The van der Waals surface area contributed by atoms with Crippen molar-refractivity contribution in [1.82, 2.24) is 9.62 Å². The summed E-state index contributed by atoms with van der Waals surface area (Å²) in [6, 6.07) is 15.2. The Morgan fingerprint density at radius 1 is 1.09 bits per heavy atom. The van der Waals surface area contributed by atoms with Crippen molar-refractivity contribution < 1.29 is 22.7 Å². The number of hydrogen-bond acceptors (Lipinski definition) is 5. The molecule has 184 valence electrons. The van der Waals surface area contributed by atoms with E-state index in [4.69, 9.17) is 9.47 Å². The molecule has 8 heteroatoms. The highest BCUT2D eigenvalue weighted by Gasteiger charge is 2.34. The Kier molecular flexibility index (Phi) is 7.91. The molecule has 4 rings (SSSR count). The van der Waals surface area contributed by atoms with Crippen LogP contribution in [0, 0.1) is 0 Å². The molecule has 2 aliphatic heterocycles. The summed E-state index contributed by atoms with van der Waals surface area (Å²) in [4.78, 5) is 13.1. The maximum Gasteiger partial charge on any atom is 0.243 e. The second-order valence-electron chi connectivity index (χ2n) is 9.12. The van der Waals surface area contributed by atoms with Gasteiger partial charge in [-0.2, -0.15) is 4.31 Å². The van der Waals surface area contributed by atoms with Crippen molar-refractivity contribution in [2.45, 2.75) is 48.8 Å². The number of aryl methyl sites for hydroxylation is 1. The molecule has 2 saturated heterocycles. The van der Waals surface area contributed by atoms with Crippen LogP contribution >= 0.6 is 0 Å². The van der Waals surface area contributed by atoms with Gasteiger partial charge in [0.25, 0.3) is 0 Å². The summed E-state index contributed by atoms with van der Waals surface area (Å²) in [5, 5.41) is 3.13. The minimum Gasteiger partial charge on any atom is -0.496 e. The first-order chi connectivity index (χ1) is 16.4. The van der Waals surface area contributed by atoms with Crippen LogP contribution in [0.3, 0.4) is 0 Å². The van der Waals surface area contributed by atoms with Crippen LogP contribution in [-0.2, 0) is 31.4 Å². The standard InChI is InChI=1S/C26H34N2O5S/c1-32-24-11-10-23(34(30,31)28-15-5-6-16-28)19-21(24)9-12-25(29)27-20-26(13-17-33-18-14-26)22-7-3-2-4-8-22/h2-4,7-8,10-11,19H,5-6,9,12-18,20H2,1H3,(H,27,29). The third kappa shape index (κ3) is 5.45. The minimum absolute atomic E-state index is 0.0587. The monoisotopic (exact) mass is 486 g/mol. The Hall–Kier alpha value is -2.42. The largest absolute Gasteiger partial charge is 0.496 e. The summed E-state index contributed by atoms with van der Waals surface area (Å²) >= 11 is 0. The van der Waals surface area contributed by atoms with Gasteiger partial charge in [-0.1, -0.05) is 30.3 Å². The summed E-state index contributed by atoms with van der Waals surface area (Å²) in [6.45, 7) is 3.03. The predicted octanol–water partition coefficient (Wildman–Crippen LogP) is 3.28. The molecule has 34 heavy (non-hydrogen) atoms. The minimum atomic E-state index is -3.52. The fourth-order valence-electron chi connectivity index (χ4n) is 4.91. The number of nitrogens with one attached hydrogen (secondary N) is 1. The molecule has 0 bridgehead atoms. The van der Waals surface area contributed by atoms with Crippen LogP contribution in [0.4, 0.5) is 0 Å².